The van der Waals surface area contributed by atoms with Gasteiger partial charge in [0.05, 0.1) is 6.26 Å². The van der Waals surface area contributed by atoms with Gasteiger partial charge in [-0.3, -0.25) is 4.79 Å². The molecule has 0 aliphatic carbocycles. The molecule has 0 radical (unpaired) electrons. The Labute approximate surface area is 138 Å². The lowest BCUT2D eigenvalue weighted by Crippen LogP contribution is -2.49. The average molecular weight is 339 g/mol. The number of piperidine rings is 1. The molecule has 0 bridgehead atoms. The topological polar surface area (TPSA) is 69.7 Å². The molecule has 1 aliphatic heterocycles. The van der Waals surface area contributed by atoms with Crippen LogP contribution >= 0.6 is 0 Å². The normalized spacial score (nSPS) is 19.7. The zero-order valence-electron chi connectivity index (χ0n) is 13.9. The number of sulfonamides is 1. The first-order valence-electron chi connectivity index (χ1n) is 7.79. The van der Waals surface area contributed by atoms with Crippen LogP contribution < -0.4 is 5.32 Å². The number of hydrogen-bond donors (Lipinski definition) is 1. The maximum atomic E-state index is 12.5. The van der Waals surface area contributed by atoms with Crippen molar-refractivity contribution in [3.05, 3.63) is 29.8 Å². The molecule has 0 saturated carbocycles. The Morgan fingerprint density at radius 2 is 2.09 bits per heavy atom. The van der Waals surface area contributed by atoms with Crippen molar-refractivity contribution in [2.75, 3.05) is 32.2 Å². The van der Waals surface area contributed by atoms with E-state index in [9.17, 15) is 13.2 Å². The van der Waals surface area contributed by atoms with Crippen molar-refractivity contribution in [3.63, 3.8) is 0 Å². The van der Waals surface area contributed by atoms with Crippen LogP contribution in [-0.2, 0) is 21.4 Å². The monoisotopic (exact) mass is 339 g/mol. The summed E-state index contributed by atoms with van der Waals surface area (Å²) < 4.78 is 25.1. The Morgan fingerprint density at radius 1 is 1.35 bits per heavy atom. The van der Waals surface area contributed by atoms with Crippen LogP contribution in [0.3, 0.4) is 0 Å². The maximum Gasteiger partial charge on any atom is 0.242 e. The van der Waals surface area contributed by atoms with Crippen LogP contribution in [0.15, 0.2) is 24.3 Å². The van der Waals surface area contributed by atoms with Gasteiger partial charge in [-0.05, 0) is 44.6 Å². The number of hydrogen-bond acceptors (Lipinski definition) is 4. The third-order valence-corrected chi connectivity index (χ3v) is 5.16. The first kappa shape index (κ1) is 17.9. The van der Waals surface area contributed by atoms with Gasteiger partial charge in [-0.15, -0.1) is 0 Å². The molecule has 1 aliphatic rings. The summed E-state index contributed by atoms with van der Waals surface area (Å²) in [5.41, 5.74) is 1.80. The summed E-state index contributed by atoms with van der Waals surface area (Å²) in [6.07, 6.45) is 3.40. The minimum atomic E-state index is -3.37. The van der Waals surface area contributed by atoms with E-state index >= 15 is 0 Å². The molecule has 1 atom stereocenters. The van der Waals surface area contributed by atoms with Crippen LogP contribution in [-0.4, -0.2) is 56.5 Å². The van der Waals surface area contributed by atoms with Crippen molar-refractivity contribution < 1.29 is 13.2 Å². The molecular formula is C16H25N3O3S. The van der Waals surface area contributed by atoms with E-state index in [-0.39, 0.29) is 5.91 Å². The Hall–Kier alpha value is -1.44. The van der Waals surface area contributed by atoms with Crippen LogP contribution in [0.5, 0.6) is 0 Å². The lowest BCUT2D eigenvalue weighted by molar-refractivity contribution is -0.120. The van der Waals surface area contributed by atoms with Crippen LogP contribution in [0, 0.1) is 0 Å². The van der Waals surface area contributed by atoms with Gasteiger partial charge in [0.2, 0.25) is 15.9 Å². The molecule has 23 heavy (non-hydrogen) atoms. The van der Waals surface area contributed by atoms with Gasteiger partial charge >= 0.3 is 0 Å². The smallest absolute Gasteiger partial charge is 0.242 e. The number of nitrogens with one attached hydrogen (secondary N) is 1. The minimum absolute atomic E-state index is 0.253. The summed E-state index contributed by atoms with van der Waals surface area (Å²) in [6, 6.07) is 7.02. The predicted octanol–water partition coefficient (Wildman–Crippen LogP) is 1.50. The molecule has 1 heterocycles. The highest BCUT2D eigenvalue weighted by Gasteiger charge is 2.34. The zero-order valence-corrected chi connectivity index (χ0v) is 14.8. The lowest BCUT2D eigenvalue weighted by Gasteiger charge is -2.32. The number of amides is 1. The number of nitrogens with zero attached hydrogens (tertiary/aromatic N) is 2. The molecule has 2 rings (SSSR count). The number of rotatable bonds is 5. The lowest BCUT2D eigenvalue weighted by atomic mass is 10.0. The summed E-state index contributed by atoms with van der Waals surface area (Å²) in [5.74, 6) is -0.253. The number of anilines is 1. The Morgan fingerprint density at radius 3 is 2.74 bits per heavy atom. The molecule has 1 N–H and O–H groups in total. The summed E-state index contributed by atoms with van der Waals surface area (Å²) in [4.78, 5) is 14.6. The van der Waals surface area contributed by atoms with Crippen molar-refractivity contribution in [2.24, 2.45) is 0 Å². The molecule has 1 amide bonds. The van der Waals surface area contributed by atoms with Gasteiger partial charge in [0.25, 0.3) is 0 Å². The van der Waals surface area contributed by atoms with Gasteiger partial charge in [-0.2, -0.15) is 4.31 Å². The predicted molar refractivity (Wildman–Crippen MR) is 91.7 cm³/mol. The fourth-order valence-electron chi connectivity index (χ4n) is 2.90. The van der Waals surface area contributed by atoms with Crippen LogP contribution in [0.2, 0.25) is 0 Å². The highest BCUT2D eigenvalue weighted by atomic mass is 32.2. The number of benzene rings is 1. The maximum absolute atomic E-state index is 12.5. The minimum Gasteiger partial charge on any atom is -0.325 e. The molecular weight excluding hydrogens is 314 g/mol. The molecule has 1 saturated heterocycles. The summed E-state index contributed by atoms with van der Waals surface area (Å²) in [6.45, 7) is 1.19. The largest absolute Gasteiger partial charge is 0.325 e. The van der Waals surface area contributed by atoms with E-state index in [1.807, 2.05) is 43.3 Å². The summed E-state index contributed by atoms with van der Waals surface area (Å²) >= 11 is 0. The van der Waals surface area contributed by atoms with Crippen molar-refractivity contribution in [3.8, 4) is 0 Å². The third-order valence-electron chi connectivity index (χ3n) is 3.88. The first-order valence-corrected chi connectivity index (χ1v) is 9.63. The summed E-state index contributed by atoms with van der Waals surface area (Å²) in [7, 11) is 0.596. The fraction of sp³-hybridized carbons (Fsp3) is 0.562. The highest BCUT2D eigenvalue weighted by molar-refractivity contribution is 7.88. The second-order valence-corrected chi connectivity index (χ2v) is 8.25. The van der Waals surface area contributed by atoms with Gasteiger partial charge in [-0.1, -0.05) is 18.6 Å². The second kappa shape index (κ2) is 7.42. The van der Waals surface area contributed by atoms with E-state index in [1.165, 1.54) is 4.31 Å². The highest BCUT2D eigenvalue weighted by Crippen LogP contribution is 2.22. The van der Waals surface area contributed by atoms with Gasteiger partial charge < -0.3 is 10.2 Å². The third kappa shape index (κ3) is 5.02. The van der Waals surface area contributed by atoms with Crippen LogP contribution in [0.25, 0.3) is 0 Å². The van der Waals surface area contributed by atoms with Gasteiger partial charge in [0.15, 0.2) is 0 Å². The van der Waals surface area contributed by atoms with Gasteiger partial charge in [0.1, 0.15) is 6.04 Å². The molecule has 1 aromatic rings. The molecule has 1 aromatic carbocycles. The molecule has 0 aromatic heterocycles. The van der Waals surface area contributed by atoms with E-state index in [0.717, 1.165) is 31.2 Å². The molecule has 1 unspecified atom stereocenters. The van der Waals surface area contributed by atoms with Crippen LogP contribution in [0.4, 0.5) is 5.69 Å². The standard InChI is InChI=1S/C16H25N3O3S/c1-18(2)12-13-7-6-8-14(11-13)17-16(20)15-9-4-5-10-19(15)23(3,21)22/h6-8,11,15H,4-5,9-10,12H2,1-3H3,(H,17,20). The fourth-order valence-corrected chi connectivity index (χ4v) is 4.03. The molecule has 6 nitrogen and oxygen atoms in total. The molecule has 1 fully saturated rings. The van der Waals surface area contributed by atoms with Crippen LogP contribution in [0.1, 0.15) is 24.8 Å². The Kier molecular flexibility index (Phi) is 5.78. The van der Waals surface area contributed by atoms with E-state index in [4.69, 9.17) is 0 Å². The van der Waals surface area contributed by atoms with Crippen molar-refractivity contribution in [1.82, 2.24) is 9.21 Å². The Bertz CT molecular complexity index is 658. The Balaban J connectivity index is 2.11. The van der Waals surface area contributed by atoms with E-state index in [1.54, 1.807) is 0 Å². The average Bonchev–Trinajstić information content (AvgIpc) is 2.46. The quantitative estimate of drug-likeness (QED) is 0.883. The SMILES string of the molecule is CN(C)Cc1cccc(NC(=O)C2CCCCN2S(C)(=O)=O)c1. The molecule has 7 heteroatoms. The zero-order chi connectivity index (χ0) is 17.0. The van der Waals surface area contributed by atoms with E-state index in [0.29, 0.717) is 18.7 Å². The number of carbonyl (C=O) groups excluding carboxylic acids is 1. The molecule has 128 valence electrons. The van der Waals surface area contributed by atoms with E-state index < -0.39 is 16.1 Å². The number of carbonyl (C=O) groups is 1. The van der Waals surface area contributed by atoms with Crippen molar-refractivity contribution in [2.45, 2.75) is 31.8 Å². The van der Waals surface area contributed by atoms with Gasteiger partial charge in [-0.25, -0.2) is 8.42 Å². The summed E-state index contributed by atoms with van der Waals surface area (Å²) in [5, 5.41) is 2.86. The first-order chi connectivity index (χ1) is 10.8. The van der Waals surface area contributed by atoms with Gasteiger partial charge in [0, 0.05) is 18.8 Å². The van der Waals surface area contributed by atoms with Crippen molar-refractivity contribution >= 4 is 21.6 Å². The van der Waals surface area contributed by atoms with Crippen molar-refractivity contribution in [1.29, 1.82) is 0 Å². The second-order valence-electron chi connectivity index (χ2n) is 6.31. The van der Waals surface area contributed by atoms with E-state index in [2.05, 4.69) is 5.32 Å². The molecule has 0 spiro atoms.